The third-order valence-electron chi connectivity index (χ3n) is 4.87. The third kappa shape index (κ3) is 11.2. The van der Waals surface area contributed by atoms with Crippen molar-refractivity contribution in [1.82, 2.24) is 15.2 Å². The maximum Gasteiger partial charge on any atom is 0.490 e. The Bertz CT molecular complexity index is 842. The Balaban J connectivity index is 0.000000383. The Labute approximate surface area is 202 Å². The lowest BCUT2D eigenvalue weighted by Crippen LogP contribution is -2.45. The summed E-state index contributed by atoms with van der Waals surface area (Å²) in [5.74, 6) is -4.88. The van der Waals surface area contributed by atoms with Gasteiger partial charge in [0.25, 0.3) is 0 Å². The van der Waals surface area contributed by atoms with E-state index >= 15 is 0 Å². The van der Waals surface area contributed by atoms with Gasteiger partial charge < -0.3 is 20.3 Å². The molecule has 3 atom stereocenters. The zero-order valence-corrected chi connectivity index (χ0v) is 19.3. The van der Waals surface area contributed by atoms with Crippen LogP contribution in [0, 0.1) is 11.8 Å². The van der Waals surface area contributed by atoms with Crippen molar-refractivity contribution in [2.45, 2.75) is 51.4 Å². The topological polar surface area (TPSA) is 129 Å². The molecule has 3 rings (SSSR count). The first-order valence-electron chi connectivity index (χ1n) is 10.6. The van der Waals surface area contributed by atoms with Crippen LogP contribution in [0.2, 0.25) is 0 Å². The second-order valence-corrected chi connectivity index (χ2v) is 8.44. The standard InChI is InChI=1S/C17H25N3O2.2C2HF3O2/c1-12(2)7-19-17(21)15-6-14-10-20(11-16(15)22-14)9-13-4-3-5-18-8-13;2*3-2(4,5)1(6)7/h3-5,8,12,14-16H,6-7,9-11H2,1-2H3,(H,19,21);2*(H,6,7)/t14-,15+,16-;;/m1../s1. The van der Waals surface area contributed by atoms with Crippen molar-refractivity contribution in [3.63, 3.8) is 0 Å². The monoisotopic (exact) mass is 531 g/mol. The van der Waals surface area contributed by atoms with Crippen LogP contribution in [0.4, 0.5) is 26.3 Å². The summed E-state index contributed by atoms with van der Waals surface area (Å²) in [5, 5.41) is 17.3. The number of amides is 1. The second-order valence-electron chi connectivity index (χ2n) is 8.44. The summed E-state index contributed by atoms with van der Waals surface area (Å²) in [6.07, 6.45) is -5.41. The van der Waals surface area contributed by atoms with Gasteiger partial charge in [-0.3, -0.25) is 14.7 Å². The predicted octanol–water partition coefficient (Wildman–Crippen LogP) is 2.71. The fourth-order valence-electron chi connectivity index (χ4n) is 3.33. The highest BCUT2D eigenvalue weighted by Gasteiger charge is 2.44. The Kier molecular flexibility index (Phi) is 11.6. The van der Waals surface area contributed by atoms with Gasteiger partial charge in [-0.1, -0.05) is 19.9 Å². The molecule has 0 aromatic carbocycles. The Hall–Kier alpha value is -2.94. The molecule has 2 saturated heterocycles. The summed E-state index contributed by atoms with van der Waals surface area (Å²) < 4.78 is 69.5. The molecule has 3 N–H and O–H groups in total. The number of fused-ring (bicyclic) bond motifs is 2. The predicted molar refractivity (Wildman–Crippen MR) is 112 cm³/mol. The summed E-state index contributed by atoms with van der Waals surface area (Å²) in [6, 6.07) is 4.06. The number of ether oxygens (including phenoxy) is 1. The van der Waals surface area contributed by atoms with Gasteiger partial charge in [0.15, 0.2) is 0 Å². The van der Waals surface area contributed by atoms with Gasteiger partial charge in [-0.05, 0) is 24.0 Å². The highest BCUT2D eigenvalue weighted by Crippen LogP contribution is 2.32. The van der Waals surface area contributed by atoms with Crippen LogP contribution in [0.3, 0.4) is 0 Å². The van der Waals surface area contributed by atoms with E-state index in [-0.39, 0.29) is 24.0 Å². The van der Waals surface area contributed by atoms with Crippen molar-refractivity contribution in [2.75, 3.05) is 19.6 Å². The first kappa shape index (κ1) is 31.1. The molecule has 204 valence electrons. The molecule has 1 aromatic rings. The second kappa shape index (κ2) is 13.4. The summed E-state index contributed by atoms with van der Waals surface area (Å²) in [5.41, 5.74) is 1.21. The minimum atomic E-state index is -5.08. The van der Waals surface area contributed by atoms with E-state index in [9.17, 15) is 31.1 Å². The largest absolute Gasteiger partial charge is 0.490 e. The number of carboxylic acid groups (broad SMARTS) is 2. The van der Waals surface area contributed by atoms with E-state index in [0.717, 1.165) is 32.6 Å². The molecule has 0 unspecified atom stereocenters. The number of rotatable bonds is 5. The summed E-state index contributed by atoms with van der Waals surface area (Å²) in [4.78, 5) is 36.7. The number of nitrogens with one attached hydrogen (secondary N) is 1. The van der Waals surface area contributed by atoms with E-state index in [1.54, 1.807) is 6.20 Å². The van der Waals surface area contributed by atoms with Crippen LogP contribution in [0.15, 0.2) is 24.5 Å². The molecular weight excluding hydrogens is 504 g/mol. The number of pyridine rings is 1. The highest BCUT2D eigenvalue weighted by atomic mass is 19.4. The molecule has 0 spiro atoms. The molecule has 15 heteroatoms. The molecule has 9 nitrogen and oxygen atoms in total. The van der Waals surface area contributed by atoms with Crippen LogP contribution >= 0.6 is 0 Å². The smallest absolute Gasteiger partial charge is 0.475 e. The molecule has 1 amide bonds. The Morgan fingerprint density at radius 2 is 1.67 bits per heavy atom. The number of likely N-dealkylation sites (tertiary alicyclic amines) is 1. The number of aliphatic carboxylic acids is 2. The van der Waals surface area contributed by atoms with Gasteiger partial charge in [0.2, 0.25) is 5.91 Å². The quantitative estimate of drug-likeness (QED) is 0.495. The molecule has 1 aromatic heterocycles. The number of aromatic nitrogens is 1. The molecule has 2 aliphatic heterocycles. The average Bonchev–Trinajstić information content (AvgIpc) is 3.06. The van der Waals surface area contributed by atoms with Crippen molar-refractivity contribution in [3.8, 4) is 0 Å². The first-order chi connectivity index (χ1) is 16.5. The molecule has 0 saturated carbocycles. The first-order valence-corrected chi connectivity index (χ1v) is 10.6. The summed E-state index contributed by atoms with van der Waals surface area (Å²) in [7, 11) is 0. The van der Waals surface area contributed by atoms with E-state index in [4.69, 9.17) is 24.5 Å². The van der Waals surface area contributed by atoms with E-state index in [0.29, 0.717) is 5.92 Å². The van der Waals surface area contributed by atoms with Crippen molar-refractivity contribution >= 4 is 17.8 Å². The Morgan fingerprint density at radius 3 is 2.11 bits per heavy atom. The normalized spacial score (nSPS) is 21.5. The maximum atomic E-state index is 12.3. The fraction of sp³-hybridized carbons (Fsp3) is 0.619. The zero-order chi connectivity index (χ0) is 27.7. The van der Waals surface area contributed by atoms with Crippen molar-refractivity contribution in [2.24, 2.45) is 11.8 Å². The third-order valence-corrected chi connectivity index (χ3v) is 4.87. The zero-order valence-electron chi connectivity index (χ0n) is 19.3. The molecule has 3 heterocycles. The number of halogens is 6. The van der Waals surface area contributed by atoms with Gasteiger partial charge in [0.05, 0.1) is 18.1 Å². The van der Waals surface area contributed by atoms with E-state index < -0.39 is 24.3 Å². The summed E-state index contributed by atoms with van der Waals surface area (Å²) in [6.45, 7) is 7.57. The number of hydrogen-bond acceptors (Lipinski definition) is 6. The molecule has 36 heavy (non-hydrogen) atoms. The molecule has 2 bridgehead atoms. The van der Waals surface area contributed by atoms with Gasteiger partial charge in [0, 0.05) is 38.6 Å². The SMILES string of the molecule is CC(C)CNC(=O)[C@H]1C[C@@H]2CN(Cc3cccnc3)C[C@H]1O2.O=C(O)C(F)(F)F.O=C(O)C(F)(F)F. The highest BCUT2D eigenvalue weighted by molar-refractivity contribution is 5.79. The van der Waals surface area contributed by atoms with Gasteiger partial charge in [-0.15, -0.1) is 0 Å². The van der Waals surface area contributed by atoms with Gasteiger partial charge in [-0.2, -0.15) is 26.3 Å². The molecule has 0 aliphatic carbocycles. The molecule has 0 radical (unpaired) electrons. The number of alkyl halides is 6. The van der Waals surface area contributed by atoms with Crippen molar-refractivity contribution in [3.05, 3.63) is 30.1 Å². The number of nitrogens with zero attached hydrogens (tertiary/aromatic N) is 2. The van der Waals surface area contributed by atoms with Crippen LogP contribution in [0.5, 0.6) is 0 Å². The lowest BCUT2D eigenvalue weighted by molar-refractivity contribution is -0.193. The van der Waals surface area contributed by atoms with Crippen molar-refractivity contribution in [1.29, 1.82) is 0 Å². The maximum absolute atomic E-state index is 12.3. The van der Waals surface area contributed by atoms with Gasteiger partial charge in [0.1, 0.15) is 0 Å². The Morgan fingerprint density at radius 1 is 1.11 bits per heavy atom. The molecule has 2 aliphatic rings. The van der Waals surface area contributed by atoms with Gasteiger partial charge in [-0.25, -0.2) is 9.59 Å². The van der Waals surface area contributed by atoms with Gasteiger partial charge >= 0.3 is 24.3 Å². The van der Waals surface area contributed by atoms with Crippen LogP contribution < -0.4 is 5.32 Å². The average molecular weight is 531 g/mol. The fourth-order valence-corrected chi connectivity index (χ4v) is 3.33. The minimum absolute atomic E-state index is 0.00245. The lowest BCUT2D eigenvalue weighted by Gasteiger charge is -2.32. The number of morpholine rings is 1. The number of hydrogen-bond donors (Lipinski definition) is 3. The van der Waals surface area contributed by atoms with Crippen LogP contribution in [0.1, 0.15) is 25.8 Å². The van der Waals surface area contributed by atoms with Crippen molar-refractivity contribution < 1.29 is 55.7 Å². The number of carbonyl (C=O) groups is 3. The van der Waals surface area contributed by atoms with E-state index in [2.05, 4.69) is 35.1 Å². The molecule has 2 fully saturated rings. The number of carboxylic acids is 2. The van der Waals surface area contributed by atoms with Crippen LogP contribution in [-0.4, -0.2) is 82.1 Å². The van der Waals surface area contributed by atoms with Crippen LogP contribution in [0.25, 0.3) is 0 Å². The lowest BCUT2D eigenvalue weighted by atomic mass is 9.99. The van der Waals surface area contributed by atoms with Crippen LogP contribution in [-0.2, 0) is 25.7 Å². The van der Waals surface area contributed by atoms with E-state index in [1.807, 2.05) is 12.3 Å². The van der Waals surface area contributed by atoms with E-state index in [1.165, 1.54) is 5.56 Å². The minimum Gasteiger partial charge on any atom is -0.475 e. The molecular formula is C21H27F6N3O6. The summed E-state index contributed by atoms with van der Waals surface area (Å²) >= 11 is 0. The number of carbonyl (C=O) groups excluding carboxylic acids is 1.